The molecular weight excluding hydrogens is 296 g/mol. The third kappa shape index (κ3) is 3.77. The van der Waals surface area contributed by atoms with Crippen molar-refractivity contribution in [3.63, 3.8) is 0 Å². The summed E-state index contributed by atoms with van der Waals surface area (Å²) in [5, 5.41) is 21.1. The Kier molecular flexibility index (Phi) is 6.23. The second-order valence-electron chi connectivity index (χ2n) is 5.27. The molecule has 2 rings (SSSR count). The van der Waals surface area contributed by atoms with Crippen LogP contribution in [-0.2, 0) is 0 Å². The van der Waals surface area contributed by atoms with E-state index in [0.29, 0.717) is 5.56 Å². The SMILES string of the molecule is COc1cc([N+](=O)[O-])cc([C@H](N)C2CCCCC2)c1O.Cl. The van der Waals surface area contributed by atoms with E-state index in [0.717, 1.165) is 25.7 Å². The van der Waals surface area contributed by atoms with E-state index >= 15 is 0 Å². The normalized spacial score (nSPS) is 16.9. The lowest BCUT2D eigenvalue weighted by Crippen LogP contribution is -2.23. The number of phenols is 1. The Morgan fingerprint density at radius 1 is 1.38 bits per heavy atom. The first-order valence-electron chi connectivity index (χ1n) is 6.85. The zero-order valence-electron chi connectivity index (χ0n) is 11.9. The van der Waals surface area contributed by atoms with Gasteiger partial charge in [-0.05, 0) is 18.8 Å². The Morgan fingerprint density at radius 3 is 2.52 bits per heavy atom. The summed E-state index contributed by atoms with van der Waals surface area (Å²) in [6.07, 6.45) is 5.42. The van der Waals surface area contributed by atoms with Crippen LogP contribution in [0.15, 0.2) is 12.1 Å². The van der Waals surface area contributed by atoms with Crippen LogP contribution in [0, 0.1) is 16.0 Å². The molecule has 0 radical (unpaired) electrons. The number of nitro benzene ring substituents is 1. The molecule has 1 fully saturated rings. The Bertz CT molecular complexity index is 504. The number of aromatic hydroxyl groups is 1. The molecule has 1 atom stereocenters. The second-order valence-corrected chi connectivity index (χ2v) is 5.27. The molecule has 0 aliphatic heterocycles. The minimum Gasteiger partial charge on any atom is -0.504 e. The summed E-state index contributed by atoms with van der Waals surface area (Å²) < 4.78 is 5.00. The predicted octanol–water partition coefficient (Wildman–Crippen LogP) is 3.31. The summed E-state index contributed by atoms with van der Waals surface area (Å²) in [4.78, 5) is 10.5. The number of phenolic OH excluding ortho intramolecular Hbond substituents is 1. The number of non-ortho nitro benzene ring substituents is 1. The zero-order valence-corrected chi connectivity index (χ0v) is 12.8. The Labute approximate surface area is 129 Å². The summed E-state index contributed by atoms with van der Waals surface area (Å²) >= 11 is 0. The molecule has 21 heavy (non-hydrogen) atoms. The monoisotopic (exact) mass is 316 g/mol. The molecule has 6 nitrogen and oxygen atoms in total. The molecule has 0 saturated heterocycles. The number of halogens is 1. The number of nitro groups is 1. The summed E-state index contributed by atoms with van der Waals surface area (Å²) in [6.45, 7) is 0. The summed E-state index contributed by atoms with van der Waals surface area (Å²) in [6, 6.07) is 2.17. The van der Waals surface area contributed by atoms with Crippen molar-refractivity contribution in [2.24, 2.45) is 11.7 Å². The average Bonchev–Trinajstić information content (AvgIpc) is 2.47. The van der Waals surface area contributed by atoms with E-state index in [1.807, 2.05) is 0 Å². The molecule has 118 valence electrons. The number of hydrogen-bond donors (Lipinski definition) is 2. The van der Waals surface area contributed by atoms with Gasteiger partial charge in [-0.2, -0.15) is 0 Å². The number of ether oxygens (including phenoxy) is 1. The van der Waals surface area contributed by atoms with Crippen molar-refractivity contribution in [3.05, 3.63) is 27.8 Å². The van der Waals surface area contributed by atoms with Crippen molar-refractivity contribution in [3.8, 4) is 11.5 Å². The predicted molar refractivity (Wildman–Crippen MR) is 82.1 cm³/mol. The van der Waals surface area contributed by atoms with E-state index in [-0.39, 0.29) is 35.5 Å². The van der Waals surface area contributed by atoms with Gasteiger partial charge in [0.25, 0.3) is 5.69 Å². The number of nitrogens with two attached hydrogens (primary N) is 1. The van der Waals surface area contributed by atoms with E-state index in [9.17, 15) is 15.2 Å². The van der Waals surface area contributed by atoms with Crippen molar-refractivity contribution < 1.29 is 14.8 Å². The number of rotatable bonds is 4. The molecule has 1 aromatic carbocycles. The quantitative estimate of drug-likeness (QED) is 0.656. The molecule has 0 spiro atoms. The van der Waals surface area contributed by atoms with E-state index in [2.05, 4.69) is 0 Å². The van der Waals surface area contributed by atoms with Crippen LogP contribution in [0.5, 0.6) is 11.5 Å². The largest absolute Gasteiger partial charge is 0.504 e. The van der Waals surface area contributed by atoms with Crippen molar-refractivity contribution in [2.45, 2.75) is 38.1 Å². The number of nitrogens with zero attached hydrogens (tertiary/aromatic N) is 1. The van der Waals surface area contributed by atoms with Gasteiger partial charge in [0, 0.05) is 17.7 Å². The molecular formula is C14H21ClN2O4. The Morgan fingerprint density at radius 2 is 2.00 bits per heavy atom. The van der Waals surface area contributed by atoms with Crippen LogP contribution in [0.4, 0.5) is 5.69 Å². The Hall–Kier alpha value is -1.53. The van der Waals surface area contributed by atoms with E-state index in [1.54, 1.807) is 0 Å². The van der Waals surface area contributed by atoms with Gasteiger partial charge in [-0.15, -0.1) is 12.4 Å². The second kappa shape index (κ2) is 7.47. The van der Waals surface area contributed by atoms with Crippen LogP contribution in [-0.4, -0.2) is 17.1 Å². The first-order valence-corrected chi connectivity index (χ1v) is 6.85. The highest BCUT2D eigenvalue weighted by Gasteiger charge is 2.27. The van der Waals surface area contributed by atoms with Crippen molar-refractivity contribution in [1.82, 2.24) is 0 Å². The van der Waals surface area contributed by atoms with Gasteiger partial charge in [0.05, 0.1) is 18.1 Å². The van der Waals surface area contributed by atoms with Gasteiger partial charge in [0.1, 0.15) is 0 Å². The number of benzene rings is 1. The highest BCUT2D eigenvalue weighted by molar-refractivity contribution is 5.85. The van der Waals surface area contributed by atoms with Crippen LogP contribution < -0.4 is 10.5 Å². The summed E-state index contributed by atoms with van der Waals surface area (Å²) in [5.74, 6) is 0.262. The summed E-state index contributed by atoms with van der Waals surface area (Å²) in [7, 11) is 1.37. The number of methoxy groups -OCH3 is 1. The minimum atomic E-state index is -0.501. The van der Waals surface area contributed by atoms with Gasteiger partial charge in [0.15, 0.2) is 11.5 Å². The van der Waals surface area contributed by atoms with Crippen LogP contribution in [0.1, 0.15) is 43.7 Å². The first kappa shape index (κ1) is 17.5. The van der Waals surface area contributed by atoms with Crippen LogP contribution in [0.2, 0.25) is 0 Å². The van der Waals surface area contributed by atoms with Gasteiger partial charge < -0.3 is 15.6 Å². The molecule has 1 saturated carbocycles. The maximum Gasteiger partial charge on any atom is 0.273 e. The van der Waals surface area contributed by atoms with Crippen LogP contribution in [0.3, 0.4) is 0 Å². The zero-order chi connectivity index (χ0) is 14.7. The van der Waals surface area contributed by atoms with Crippen molar-refractivity contribution >= 4 is 18.1 Å². The minimum absolute atomic E-state index is 0. The van der Waals surface area contributed by atoms with Crippen LogP contribution >= 0.6 is 12.4 Å². The summed E-state index contributed by atoms with van der Waals surface area (Å²) in [5.41, 5.74) is 6.52. The lowest BCUT2D eigenvalue weighted by molar-refractivity contribution is -0.385. The smallest absolute Gasteiger partial charge is 0.273 e. The molecule has 7 heteroatoms. The van der Waals surface area contributed by atoms with E-state index in [4.69, 9.17) is 10.5 Å². The maximum absolute atomic E-state index is 11.0. The maximum atomic E-state index is 11.0. The standard InChI is InChI=1S/C14H20N2O4.ClH/c1-20-12-8-10(16(18)19)7-11(14(12)17)13(15)9-5-3-2-4-6-9;/h7-9,13,17H,2-6,15H2,1H3;1H/t13-;/m1./s1. The fourth-order valence-electron chi connectivity index (χ4n) is 2.88. The molecule has 0 heterocycles. The van der Waals surface area contributed by atoms with Gasteiger partial charge in [-0.3, -0.25) is 10.1 Å². The van der Waals surface area contributed by atoms with Crippen molar-refractivity contribution in [2.75, 3.05) is 7.11 Å². The highest BCUT2D eigenvalue weighted by Crippen LogP contribution is 2.42. The molecule has 1 aliphatic carbocycles. The van der Waals surface area contributed by atoms with Gasteiger partial charge >= 0.3 is 0 Å². The average molecular weight is 317 g/mol. The number of hydrogen-bond acceptors (Lipinski definition) is 5. The molecule has 0 bridgehead atoms. The lowest BCUT2D eigenvalue weighted by atomic mass is 9.81. The molecule has 0 unspecified atom stereocenters. The van der Waals surface area contributed by atoms with E-state index in [1.165, 1.54) is 25.7 Å². The van der Waals surface area contributed by atoms with Gasteiger partial charge in [-0.1, -0.05) is 19.3 Å². The third-order valence-corrected chi connectivity index (χ3v) is 4.04. The van der Waals surface area contributed by atoms with Crippen molar-refractivity contribution in [1.29, 1.82) is 0 Å². The van der Waals surface area contributed by atoms with Crippen LogP contribution in [0.25, 0.3) is 0 Å². The fourth-order valence-corrected chi connectivity index (χ4v) is 2.88. The van der Waals surface area contributed by atoms with E-state index < -0.39 is 11.0 Å². The Balaban J connectivity index is 0.00000220. The van der Waals surface area contributed by atoms with Gasteiger partial charge in [0.2, 0.25) is 0 Å². The lowest BCUT2D eigenvalue weighted by Gasteiger charge is -2.28. The molecule has 1 aromatic rings. The molecule has 0 aromatic heterocycles. The topological polar surface area (TPSA) is 98.6 Å². The third-order valence-electron chi connectivity index (χ3n) is 4.04. The first-order chi connectivity index (χ1) is 9.54. The molecule has 1 aliphatic rings. The fraction of sp³-hybridized carbons (Fsp3) is 0.571. The van der Waals surface area contributed by atoms with Gasteiger partial charge in [-0.25, -0.2) is 0 Å². The highest BCUT2D eigenvalue weighted by atomic mass is 35.5. The molecule has 3 N–H and O–H groups in total. The molecule has 0 amide bonds.